The third kappa shape index (κ3) is 1.32. The molecule has 0 aromatic carbocycles. The molecule has 0 amide bonds. The van der Waals surface area contributed by atoms with Crippen LogP contribution in [-0.4, -0.2) is 29.4 Å². The van der Waals surface area contributed by atoms with Crippen molar-refractivity contribution in [1.29, 1.82) is 0 Å². The van der Waals surface area contributed by atoms with E-state index in [4.69, 9.17) is 0 Å². The van der Waals surface area contributed by atoms with Crippen molar-refractivity contribution in [3.63, 3.8) is 0 Å². The maximum absolute atomic E-state index is 11.8. The van der Waals surface area contributed by atoms with Crippen molar-refractivity contribution in [1.82, 2.24) is 29.4 Å². The first kappa shape index (κ1) is 9.88. The highest BCUT2D eigenvalue weighted by Gasteiger charge is 2.10. The van der Waals surface area contributed by atoms with E-state index >= 15 is 0 Å². The van der Waals surface area contributed by atoms with E-state index in [9.17, 15) is 4.79 Å². The van der Waals surface area contributed by atoms with Crippen LogP contribution in [0.15, 0.2) is 17.1 Å². The average Bonchev–Trinajstić information content (AvgIpc) is 2.76. The predicted molar refractivity (Wildman–Crippen MR) is 60.7 cm³/mol. The van der Waals surface area contributed by atoms with Crippen LogP contribution in [0.2, 0.25) is 0 Å². The van der Waals surface area contributed by atoms with E-state index in [1.807, 2.05) is 6.92 Å². The number of nitrogens with zero attached hydrogens (tertiary/aromatic N) is 6. The molecular formula is C10H10N6O. The van der Waals surface area contributed by atoms with Gasteiger partial charge in [0.15, 0.2) is 11.3 Å². The van der Waals surface area contributed by atoms with Gasteiger partial charge < -0.3 is 4.57 Å². The largest absolute Gasteiger partial charge is 0.317 e. The van der Waals surface area contributed by atoms with Gasteiger partial charge >= 0.3 is 0 Å². The minimum absolute atomic E-state index is 0.189. The van der Waals surface area contributed by atoms with Crippen molar-refractivity contribution in [3.05, 3.63) is 28.4 Å². The Morgan fingerprint density at radius 3 is 2.94 bits per heavy atom. The quantitative estimate of drug-likeness (QED) is 0.585. The van der Waals surface area contributed by atoms with Gasteiger partial charge in [0.05, 0.1) is 0 Å². The molecule has 0 spiro atoms. The lowest BCUT2D eigenvalue weighted by Gasteiger charge is -2.00. The molecule has 0 fully saturated rings. The highest BCUT2D eigenvalue weighted by atomic mass is 16.1. The Morgan fingerprint density at radius 1 is 1.35 bits per heavy atom. The predicted octanol–water partition coefficient (Wildman–Crippen LogP) is -0.0664. The van der Waals surface area contributed by atoms with Crippen LogP contribution in [0.3, 0.4) is 0 Å². The second-order valence-corrected chi connectivity index (χ2v) is 3.76. The van der Waals surface area contributed by atoms with E-state index in [0.717, 1.165) is 6.42 Å². The summed E-state index contributed by atoms with van der Waals surface area (Å²) in [6.07, 6.45) is 2.40. The van der Waals surface area contributed by atoms with Crippen LogP contribution in [0.4, 0.5) is 0 Å². The Morgan fingerprint density at radius 2 is 2.18 bits per heavy atom. The van der Waals surface area contributed by atoms with E-state index < -0.39 is 0 Å². The third-order valence-electron chi connectivity index (χ3n) is 2.64. The lowest BCUT2D eigenvalue weighted by Crippen LogP contribution is -2.18. The third-order valence-corrected chi connectivity index (χ3v) is 2.64. The van der Waals surface area contributed by atoms with Gasteiger partial charge in [0.1, 0.15) is 5.52 Å². The Bertz CT molecular complexity index is 771. The van der Waals surface area contributed by atoms with Crippen LogP contribution >= 0.6 is 0 Å². The van der Waals surface area contributed by atoms with E-state index in [0.29, 0.717) is 22.6 Å². The molecular weight excluding hydrogens is 220 g/mol. The molecule has 0 atom stereocenters. The zero-order valence-electron chi connectivity index (χ0n) is 9.45. The van der Waals surface area contributed by atoms with Gasteiger partial charge in [-0.15, -0.1) is 15.3 Å². The Hall–Kier alpha value is -2.31. The Balaban J connectivity index is 2.51. The van der Waals surface area contributed by atoms with Crippen LogP contribution in [0.5, 0.6) is 0 Å². The van der Waals surface area contributed by atoms with Gasteiger partial charge in [0.2, 0.25) is 0 Å². The summed E-state index contributed by atoms with van der Waals surface area (Å²) in [5.41, 5.74) is 0.741. The van der Waals surface area contributed by atoms with Crippen molar-refractivity contribution in [2.45, 2.75) is 13.3 Å². The molecule has 17 heavy (non-hydrogen) atoms. The SMILES string of the molecule is CCc1nc2nnc3c(=O)n(C)ccc3n2n1. The molecule has 0 bridgehead atoms. The maximum atomic E-state index is 11.8. The number of hydrogen-bond acceptors (Lipinski definition) is 5. The molecule has 3 aromatic rings. The van der Waals surface area contributed by atoms with E-state index in [-0.39, 0.29) is 5.56 Å². The number of pyridine rings is 1. The lowest BCUT2D eigenvalue weighted by atomic mass is 10.4. The molecule has 0 aliphatic carbocycles. The van der Waals surface area contributed by atoms with Crippen LogP contribution < -0.4 is 5.56 Å². The highest BCUT2D eigenvalue weighted by molar-refractivity contribution is 5.74. The summed E-state index contributed by atoms with van der Waals surface area (Å²) in [5.74, 6) is 1.11. The molecule has 0 radical (unpaired) electrons. The van der Waals surface area contributed by atoms with Gasteiger partial charge in [0.25, 0.3) is 11.3 Å². The van der Waals surface area contributed by atoms with Gasteiger partial charge in [-0.3, -0.25) is 4.79 Å². The summed E-state index contributed by atoms with van der Waals surface area (Å²) in [6.45, 7) is 1.96. The molecule has 7 heteroatoms. The number of rotatable bonds is 1. The van der Waals surface area contributed by atoms with E-state index in [1.54, 1.807) is 23.8 Å². The summed E-state index contributed by atoms with van der Waals surface area (Å²) in [7, 11) is 1.67. The molecule has 86 valence electrons. The van der Waals surface area contributed by atoms with Gasteiger partial charge in [0, 0.05) is 19.7 Å². The van der Waals surface area contributed by atoms with Crippen molar-refractivity contribution in [3.8, 4) is 0 Å². The average molecular weight is 230 g/mol. The van der Waals surface area contributed by atoms with Crippen LogP contribution in [-0.2, 0) is 13.5 Å². The van der Waals surface area contributed by atoms with Gasteiger partial charge in [-0.1, -0.05) is 6.92 Å². The molecule has 7 nitrogen and oxygen atoms in total. The second kappa shape index (κ2) is 3.34. The lowest BCUT2D eigenvalue weighted by molar-refractivity contribution is 0.845. The first-order valence-electron chi connectivity index (χ1n) is 5.28. The van der Waals surface area contributed by atoms with Gasteiger partial charge in [-0.25, -0.2) is 0 Å². The second-order valence-electron chi connectivity index (χ2n) is 3.76. The van der Waals surface area contributed by atoms with Crippen molar-refractivity contribution < 1.29 is 0 Å². The number of fused-ring (bicyclic) bond motifs is 3. The summed E-state index contributed by atoms with van der Waals surface area (Å²) in [6, 6.07) is 1.78. The molecule has 0 unspecified atom stereocenters. The Labute approximate surface area is 95.7 Å². The molecule has 0 saturated heterocycles. The van der Waals surface area contributed by atoms with Crippen molar-refractivity contribution in [2.75, 3.05) is 0 Å². The van der Waals surface area contributed by atoms with Crippen LogP contribution in [0.1, 0.15) is 12.7 Å². The minimum atomic E-state index is -0.189. The molecule has 0 saturated carbocycles. The summed E-state index contributed by atoms with van der Waals surface area (Å²) in [5, 5.41) is 12.1. The van der Waals surface area contributed by atoms with Gasteiger partial charge in [-0.05, 0) is 6.07 Å². The number of aryl methyl sites for hydroxylation is 2. The van der Waals surface area contributed by atoms with E-state index in [2.05, 4.69) is 20.3 Å². The fraction of sp³-hybridized carbons (Fsp3) is 0.300. The summed E-state index contributed by atoms with van der Waals surface area (Å²) in [4.78, 5) is 16.1. The summed E-state index contributed by atoms with van der Waals surface area (Å²) >= 11 is 0. The smallest absolute Gasteiger partial charge is 0.280 e. The zero-order chi connectivity index (χ0) is 12.0. The van der Waals surface area contributed by atoms with Crippen LogP contribution in [0, 0.1) is 0 Å². The normalized spacial score (nSPS) is 11.4. The molecule has 0 N–H and O–H groups in total. The first-order chi connectivity index (χ1) is 8.20. The fourth-order valence-corrected chi connectivity index (χ4v) is 1.69. The molecule has 3 rings (SSSR count). The maximum Gasteiger partial charge on any atom is 0.280 e. The van der Waals surface area contributed by atoms with Gasteiger partial charge in [-0.2, -0.15) is 9.50 Å². The molecule has 0 aliphatic heterocycles. The van der Waals surface area contributed by atoms with Crippen molar-refractivity contribution in [2.24, 2.45) is 7.05 Å². The number of aromatic nitrogens is 6. The molecule has 0 aliphatic rings. The fourth-order valence-electron chi connectivity index (χ4n) is 1.69. The molecule has 3 aromatic heterocycles. The number of hydrogen-bond donors (Lipinski definition) is 0. The monoisotopic (exact) mass is 230 g/mol. The van der Waals surface area contributed by atoms with Crippen LogP contribution in [0.25, 0.3) is 16.8 Å². The summed E-state index contributed by atoms with van der Waals surface area (Å²) < 4.78 is 3.02. The van der Waals surface area contributed by atoms with Crippen molar-refractivity contribution >= 4 is 16.8 Å². The zero-order valence-corrected chi connectivity index (χ0v) is 9.45. The Kier molecular flexibility index (Phi) is 1.94. The topological polar surface area (TPSA) is 78.0 Å². The first-order valence-corrected chi connectivity index (χ1v) is 5.28. The highest BCUT2D eigenvalue weighted by Crippen LogP contribution is 2.07. The minimum Gasteiger partial charge on any atom is -0.317 e. The standard InChI is InChI=1S/C10H10N6O/c1-3-7-11-10-13-12-8-6(16(10)14-7)4-5-15(2)9(8)17/h4-5H,3H2,1-2H3. The molecule has 3 heterocycles. The van der Waals surface area contributed by atoms with E-state index in [1.165, 1.54) is 4.57 Å².